The van der Waals surface area contributed by atoms with Gasteiger partial charge >= 0.3 is 0 Å². The average molecular weight is 459 g/mol. The fraction of sp³-hybridized carbons (Fsp3) is 0.211. The Labute approximate surface area is 182 Å². The molecule has 29 heavy (non-hydrogen) atoms. The third-order valence-corrected chi connectivity index (χ3v) is 4.69. The Bertz CT molecular complexity index is 881. The molecule has 0 saturated heterocycles. The van der Waals surface area contributed by atoms with Crippen LogP contribution in [0.5, 0.6) is 5.75 Å². The molecule has 3 rings (SSSR count). The zero-order valence-electron chi connectivity index (χ0n) is 15.1. The van der Waals surface area contributed by atoms with E-state index in [-0.39, 0.29) is 6.10 Å². The molecule has 0 spiro atoms. The van der Waals surface area contributed by atoms with Gasteiger partial charge in [-0.2, -0.15) is 0 Å². The first kappa shape index (κ1) is 22.8. The number of rotatable bonds is 7. The highest BCUT2D eigenvalue weighted by atomic mass is 35.5. The van der Waals surface area contributed by atoms with E-state index in [0.717, 1.165) is 17.9 Å². The molecule has 1 aromatic heterocycles. The lowest BCUT2D eigenvalue weighted by Crippen LogP contribution is -2.24. The number of ether oxygens (including phenoxy) is 1. The van der Waals surface area contributed by atoms with E-state index >= 15 is 0 Å². The quantitative estimate of drug-likeness (QED) is 0.369. The van der Waals surface area contributed by atoms with Gasteiger partial charge in [0.05, 0.1) is 22.9 Å². The van der Waals surface area contributed by atoms with Crippen molar-refractivity contribution >= 4 is 34.8 Å². The second-order valence-electron chi connectivity index (χ2n) is 5.95. The van der Waals surface area contributed by atoms with Gasteiger partial charge in [0.25, 0.3) is 5.09 Å². The summed E-state index contributed by atoms with van der Waals surface area (Å²) in [4.78, 5) is 12.4. The fourth-order valence-electron chi connectivity index (χ4n) is 2.56. The second kappa shape index (κ2) is 11.5. The molecule has 0 aliphatic carbocycles. The van der Waals surface area contributed by atoms with Gasteiger partial charge in [0.15, 0.2) is 5.75 Å². The standard InChI is InChI=1S/C19H17Cl3N2O.HNO3/c20-15-7-4-14(5-8-15)6-9-16(12-24-11-10-23-13-24)25-19-17(21)2-1-3-18(19)22;2-1(3)4/h1-5,7-8,10-11,13,16H,6,9,12H2;(H,2,3,4). The summed E-state index contributed by atoms with van der Waals surface area (Å²) in [5, 5.41) is 15.4. The molecule has 0 radical (unpaired) electrons. The minimum absolute atomic E-state index is 0.0951. The molecular weight excluding hydrogens is 441 g/mol. The lowest BCUT2D eigenvalue weighted by atomic mass is 10.1. The summed E-state index contributed by atoms with van der Waals surface area (Å²) < 4.78 is 8.14. The van der Waals surface area contributed by atoms with E-state index in [4.69, 9.17) is 54.9 Å². The first-order valence-electron chi connectivity index (χ1n) is 8.49. The maximum Gasteiger partial charge on any atom is 0.291 e. The third kappa shape index (κ3) is 8.19. The molecular formula is C19H18Cl3N3O4. The van der Waals surface area contributed by atoms with Crippen LogP contribution in [0.2, 0.25) is 15.1 Å². The van der Waals surface area contributed by atoms with E-state index in [9.17, 15) is 0 Å². The van der Waals surface area contributed by atoms with Crippen LogP contribution in [0.1, 0.15) is 12.0 Å². The number of hydrogen-bond donors (Lipinski definition) is 1. The fourth-order valence-corrected chi connectivity index (χ4v) is 3.17. The highest BCUT2D eigenvalue weighted by molar-refractivity contribution is 6.37. The molecule has 1 atom stereocenters. The summed E-state index contributed by atoms with van der Waals surface area (Å²) in [5.41, 5.74) is 1.20. The highest BCUT2D eigenvalue weighted by Crippen LogP contribution is 2.33. The van der Waals surface area contributed by atoms with Crippen LogP contribution < -0.4 is 4.74 Å². The van der Waals surface area contributed by atoms with Gasteiger partial charge in [0.2, 0.25) is 0 Å². The summed E-state index contributed by atoms with van der Waals surface area (Å²) in [6.07, 6.45) is 7.00. The number of nitrogens with zero attached hydrogens (tertiary/aromatic N) is 3. The summed E-state index contributed by atoms with van der Waals surface area (Å²) >= 11 is 18.4. The zero-order valence-corrected chi connectivity index (χ0v) is 17.4. The molecule has 7 nitrogen and oxygen atoms in total. The van der Waals surface area contributed by atoms with Gasteiger partial charge in [-0.1, -0.05) is 53.0 Å². The lowest BCUT2D eigenvalue weighted by molar-refractivity contribution is -0.742. The van der Waals surface area contributed by atoms with Crippen molar-refractivity contribution in [1.82, 2.24) is 9.55 Å². The van der Waals surface area contributed by atoms with Gasteiger partial charge in [-0.15, -0.1) is 10.1 Å². The van der Waals surface area contributed by atoms with Crippen LogP contribution in [0, 0.1) is 10.1 Å². The molecule has 0 fully saturated rings. The summed E-state index contributed by atoms with van der Waals surface area (Å²) in [6, 6.07) is 13.2. The maximum absolute atomic E-state index is 8.36. The van der Waals surface area contributed by atoms with Gasteiger partial charge in [-0.3, -0.25) is 0 Å². The molecule has 0 aliphatic heterocycles. The van der Waals surface area contributed by atoms with Crippen molar-refractivity contribution in [1.29, 1.82) is 0 Å². The molecule has 0 aliphatic rings. The van der Waals surface area contributed by atoms with Crippen molar-refractivity contribution in [2.75, 3.05) is 0 Å². The van der Waals surface area contributed by atoms with Gasteiger partial charge in [-0.25, -0.2) is 4.98 Å². The van der Waals surface area contributed by atoms with E-state index < -0.39 is 5.09 Å². The Hall–Kier alpha value is -2.48. The second-order valence-corrected chi connectivity index (χ2v) is 7.20. The van der Waals surface area contributed by atoms with E-state index in [2.05, 4.69) is 4.98 Å². The Morgan fingerprint density at radius 1 is 1.14 bits per heavy atom. The summed E-state index contributed by atoms with van der Waals surface area (Å²) in [6.45, 7) is 0.662. The molecule has 10 heteroatoms. The van der Waals surface area contributed by atoms with Crippen molar-refractivity contribution in [3.05, 3.63) is 91.9 Å². The smallest absolute Gasteiger partial charge is 0.291 e. The number of para-hydroxylation sites is 1. The minimum atomic E-state index is -1.50. The average Bonchev–Trinajstić information content (AvgIpc) is 3.16. The summed E-state index contributed by atoms with van der Waals surface area (Å²) in [5.74, 6) is 0.520. The predicted octanol–water partition coefficient (Wildman–Crippen LogP) is 5.58. The molecule has 0 bridgehead atoms. The van der Waals surface area contributed by atoms with E-state index in [0.29, 0.717) is 22.3 Å². The van der Waals surface area contributed by atoms with Gasteiger partial charge < -0.3 is 14.5 Å². The highest BCUT2D eigenvalue weighted by Gasteiger charge is 2.16. The van der Waals surface area contributed by atoms with Crippen molar-refractivity contribution in [3.8, 4) is 5.75 Å². The Balaban J connectivity index is 0.000000687. The molecule has 3 aromatic rings. The Morgan fingerprint density at radius 3 is 2.31 bits per heavy atom. The Morgan fingerprint density at radius 2 is 1.76 bits per heavy atom. The largest absolute Gasteiger partial charge is 0.485 e. The Kier molecular flexibility index (Phi) is 9.05. The molecule has 2 aromatic carbocycles. The first-order chi connectivity index (χ1) is 13.8. The van der Waals surface area contributed by atoms with Crippen LogP contribution in [0.3, 0.4) is 0 Å². The number of benzene rings is 2. The molecule has 0 saturated carbocycles. The normalized spacial score (nSPS) is 11.3. The maximum atomic E-state index is 8.36. The molecule has 1 N–H and O–H groups in total. The molecule has 154 valence electrons. The SMILES string of the molecule is Clc1ccc(CCC(Cn2ccnc2)Oc2c(Cl)cccc2Cl)cc1.O=[N+]([O-])O. The number of halogens is 3. The third-order valence-electron chi connectivity index (χ3n) is 3.85. The van der Waals surface area contributed by atoms with Crippen molar-refractivity contribution in [3.63, 3.8) is 0 Å². The van der Waals surface area contributed by atoms with Crippen LogP contribution in [-0.2, 0) is 13.0 Å². The van der Waals surface area contributed by atoms with Crippen LogP contribution in [-0.4, -0.2) is 25.9 Å². The number of imidazole rings is 1. The predicted molar refractivity (Wildman–Crippen MR) is 112 cm³/mol. The minimum Gasteiger partial charge on any atom is -0.485 e. The topological polar surface area (TPSA) is 90.4 Å². The van der Waals surface area contributed by atoms with Crippen LogP contribution in [0.4, 0.5) is 0 Å². The van der Waals surface area contributed by atoms with Crippen LogP contribution >= 0.6 is 34.8 Å². The summed E-state index contributed by atoms with van der Waals surface area (Å²) in [7, 11) is 0. The number of aromatic nitrogens is 2. The monoisotopic (exact) mass is 457 g/mol. The van der Waals surface area contributed by atoms with Crippen LogP contribution in [0.25, 0.3) is 0 Å². The van der Waals surface area contributed by atoms with Crippen LogP contribution in [0.15, 0.2) is 61.2 Å². The molecule has 0 amide bonds. The first-order valence-corrected chi connectivity index (χ1v) is 9.62. The number of hydrogen-bond acceptors (Lipinski definition) is 4. The molecule has 1 heterocycles. The van der Waals surface area contributed by atoms with Crippen molar-refractivity contribution < 1.29 is 15.0 Å². The number of aryl methyl sites for hydroxylation is 1. The van der Waals surface area contributed by atoms with Crippen molar-refractivity contribution in [2.45, 2.75) is 25.5 Å². The van der Waals surface area contributed by atoms with E-state index in [1.807, 2.05) is 35.0 Å². The van der Waals surface area contributed by atoms with Gasteiger partial charge in [0.1, 0.15) is 6.10 Å². The van der Waals surface area contributed by atoms with E-state index in [1.54, 1.807) is 30.7 Å². The molecule has 1 unspecified atom stereocenters. The lowest BCUT2D eigenvalue weighted by Gasteiger charge is -2.21. The van der Waals surface area contributed by atoms with Crippen molar-refractivity contribution in [2.24, 2.45) is 0 Å². The van der Waals surface area contributed by atoms with Gasteiger partial charge in [-0.05, 0) is 42.7 Å². The zero-order chi connectivity index (χ0) is 21.2. The van der Waals surface area contributed by atoms with Gasteiger partial charge in [0, 0.05) is 17.4 Å². The van der Waals surface area contributed by atoms with E-state index in [1.165, 1.54) is 5.56 Å².